The highest BCUT2D eigenvalue weighted by molar-refractivity contribution is 4.86. The molecule has 3 heterocycles. The van der Waals surface area contributed by atoms with E-state index in [1.807, 2.05) is 0 Å². The zero-order chi connectivity index (χ0) is 11.7. The molecule has 0 aromatic heterocycles. The zero-order valence-corrected chi connectivity index (χ0v) is 10.8. The van der Waals surface area contributed by atoms with E-state index in [-0.39, 0.29) is 0 Å². The molecule has 3 aliphatic heterocycles. The Balaban J connectivity index is 1.72. The Kier molecular flexibility index (Phi) is 3.69. The van der Waals surface area contributed by atoms with Crippen LogP contribution in [0, 0.1) is 5.92 Å². The third-order valence-corrected chi connectivity index (χ3v) is 4.38. The van der Waals surface area contributed by atoms with E-state index in [1.54, 1.807) is 0 Å². The summed E-state index contributed by atoms with van der Waals surface area (Å²) in [6, 6.07) is 0. The second-order valence-electron chi connectivity index (χ2n) is 5.89. The molecule has 3 fully saturated rings. The van der Waals surface area contributed by atoms with Crippen molar-refractivity contribution in [2.45, 2.75) is 69.9 Å². The minimum Gasteiger partial charge on any atom is -0.376 e. The fourth-order valence-corrected chi connectivity index (χ4v) is 3.49. The summed E-state index contributed by atoms with van der Waals surface area (Å²) < 4.78 is 18.1. The smallest absolute Gasteiger partial charge is 0.0842 e. The van der Waals surface area contributed by atoms with Crippen molar-refractivity contribution in [1.29, 1.82) is 0 Å². The minimum absolute atomic E-state index is 0.320. The van der Waals surface area contributed by atoms with E-state index >= 15 is 0 Å². The lowest BCUT2D eigenvalue weighted by Gasteiger charge is -2.42. The standard InChI is InChI=1S/C14H24O3/c1-10-8-13-11(4-2-6-15-13)17-12-5-3-7-16-14(12)9-10/h10-14H,2-9H2,1H3/t10?,11-,12+,13-,14-/m1/s1. The van der Waals surface area contributed by atoms with E-state index in [2.05, 4.69) is 6.92 Å². The highest BCUT2D eigenvalue weighted by atomic mass is 16.6. The SMILES string of the molecule is CC1C[C@H]2OCCC[C@@H]2O[C@@H]2CCCO[C@@H]2C1. The van der Waals surface area contributed by atoms with Gasteiger partial charge in [0.1, 0.15) is 0 Å². The zero-order valence-electron chi connectivity index (χ0n) is 10.8. The van der Waals surface area contributed by atoms with E-state index in [1.165, 1.54) is 12.8 Å². The molecule has 0 bridgehead atoms. The summed E-state index contributed by atoms with van der Waals surface area (Å²) in [4.78, 5) is 0. The summed E-state index contributed by atoms with van der Waals surface area (Å²) in [5.41, 5.74) is 0. The van der Waals surface area contributed by atoms with Gasteiger partial charge in [0.15, 0.2) is 0 Å². The molecule has 0 amide bonds. The van der Waals surface area contributed by atoms with Gasteiger partial charge in [-0.3, -0.25) is 0 Å². The summed E-state index contributed by atoms with van der Waals surface area (Å²) in [6.45, 7) is 4.17. The predicted molar refractivity (Wildman–Crippen MR) is 65.0 cm³/mol. The van der Waals surface area contributed by atoms with Gasteiger partial charge in [-0.15, -0.1) is 0 Å². The molecular formula is C14H24O3. The second-order valence-corrected chi connectivity index (χ2v) is 5.89. The van der Waals surface area contributed by atoms with E-state index < -0.39 is 0 Å². The summed E-state index contributed by atoms with van der Waals surface area (Å²) in [6.07, 6.45) is 8.21. The number of hydrogen-bond acceptors (Lipinski definition) is 3. The van der Waals surface area contributed by atoms with Crippen LogP contribution in [0.1, 0.15) is 45.4 Å². The molecule has 0 spiro atoms. The van der Waals surface area contributed by atoms with Crippen LogP contribution in [0.25, 0.3) is 0 Å². The Morgan fingerprint density at radius 3 is 1.82 bits per heavy atom. The van der Waals surface area contributed by atoms with Crippen LogP contribution in [0.2, 0.25) is 0 Å². The van der Waals surface area contributed by atoms with Crippen LogP contribution in [0.5, 0.6) is 0 Å². The second kappa shape index (κ2) is 5.25. The average Bonchev–Trinajstić information content (AvgIpc) is 2.31. The molecule has 1 unspecified atom stereocenters. The van der Waals surface area contributed by atoms with E-state index in [0.717, 1.165) is 38.9 Å². The van der Waals surface area contributed by atoms with Crippen molar-refractivity contribution in [3.63, 3.8) is 0 Å². The van der Waals surface area contributed by atoms with Crippen molar-refractivity contribution in [2.75, 3.05) is 13.2 Å². The first-order valence-electron chi connectivity index (χ1n) is 7.21. The Hall–Kier alpha value is -0.120. The van der Waals surface area contributed by atoms with Crippen LogP contribution in [-0.4, -0.2) is 37.6 Å². The number of fused-ring (bicyclic) bond motifs is 2. The van der Waals surface area contributed by atoms with E-state index in [9.17, 15) is 0 Å². The third-order valence-electron chi connectivity index (χ3n) is 4.38. The lowest BCUT2D eigenvalue weighted by atomic mass is 9.87. The summed E-state index contributed by atoms with van der Waals surface area (Å²) in [5, 5.41) is 0. The largest absolute Gasteiger partial charge is 0.376 e. The molecule has 0 aliphatic carbocycles. The Labute approximate surface area is 104 Å². The molecule has 0 aromatic carbocycles. The van der Waals surface area contributed by atoms with Crippen molar-refractivity contribution in [2.24, 2.45) is 5.92 Å². The Bertz CT molecular complexity index is 232. The fraction of sp³-hybridized carbons (Fsp3) is 1.00. The van der Waals surface area contributed by atoms with Gasteiger partial charge in [0.05, 0.1) is 24.4 Å². The highest BCUT2D eigenvalue weighted by Gasteiger charge is 2.38. The van der Waals surface area contributed by atoms with Crippen molar-refractivity contribution in [3.8, 4) is 0 Å². The number of hydrogen-bond donors (Lipinski definition) is 0. The van der Waals surface area contributed by atoms with Gasteiger partial charge in [-0.05, 0) is 44.4 Å². The van der Waals surface area contributed by atoms with Crippen molar-refractivity contribution >= 4 is 0 Å². The maximum Gasteiger partial charge on any atom is 0.0842 e. The van der Waals surface area contributed by atoms with E-state index in [0.29, 0.717) is 30.3 Å². The monoisotopic (exact) mass is 240 g/mol. The first kappa shape index (κ1) is 11.9. The molecule has 0 aromatic rings. The number of ether oxygens (including phenoxy) is 3. The molecule has 0 saturated carbocycles. The third kappa shape index (κ3) is 2.67. The van der Waals surface area contributed by atoms with Crippen molar-refractivity contribution in [1.82, 2.24) is 0 Å². The van der Waals surface area contributed by atoms with Crippen LogP contribution < -0.4 is 0 Å². The molecule has 3 saturated heterocycles. The molecule has 3 heteroatoms. The highest BCUT2D eigenvalue weighted by Crippen LogP contribution is 2.33. The molecular weight excluding hydrogens is 216 g/mol. The summed E-state index contributed by atoms with van der Waals surface area (Å²) >= 11 is 0. The maximum atomic E-state index is 6.30. The first-order chi connectivity index (χ1) is 8.33. The van der Waals surface area contributed by atoms with Gasteiger partial charge in [-0.1, -0.05) is 6.92 Å². The van der Waals surface area contributed by atoms with Gasteiger partial charge in [-0.2, -0.15) is 0 Å². The quantitative estimate of drug-likeness (QED) is 0.651. The van der Waals surface area contributed by atoms with Gasteiger partial charge >= 0.3 is 0 Å². The van der Waals surface area contributed by atoms with Crippen LogP contribution in [0.3, 0.4) is 0 Å². The van der Waals surface area contributed by atoms with Gasteiger partial charge in [0.25, 0.3) is 0 Å². The number of rotatable bonds is 0. The van der Waals surface area contributed by atoms with Crippen LogP contribution in [0.4, 0.5) is 0 Å². The topological polar surface area (TPSA) is 27.7 Å². The van der Waals surface area contributed by atoms with Crippen LogP contribution in [0.15, 0.2) is 0 Å². The minimum atomic E-state index is 0.320. The van der Waals surface area contributed by atoms with Crippen LogP contribution in [-0.2, 0) is 14.2 Å². The fourth-order valence-electron chi connectivity index (χ4n) is 3.49. The molecule has 98 valence electrons. The average molecular weight is 240 g/mol. The normalized spacial score (nSPS) is 47.5. The van der Waals surface area contributed by atoms with Crippen LogP contribution >= 0.6 is 0 Å². The Morgan fingerprint density at radius 1 is 0.765 bits per heavy atom. The first-order valence-corrected chi connectivity index (χ1v) is 7.21. The predicted octanol–water partition coefficient (Wildman–Crippen LogP) is 2.53. The van der Waals surface area contributed by atoms with Gasteiger partial charge in [0, 0.05) is 13.2 Å². The molecule has 17 heavy (non-hydrogen) atoms. The molecule has 3 aliphatic rings. The molecule has 0 N–H and O–H groups in total. The van der Waals surface area contributed by atoms with Gasteiger partial charge in [0.2, 0.25) is 0 Å². The Morgan fingerprint density at radius 2 is 1.29 bits per heavy atom. The summed E-state index contributed by atoms with van der Waals surface area (Å²) in [7, 11) is 0. The van der Waals surface area contributed by atoms with Gasteiger partial charge < -0.3 is 14.2 Å². The molecule has 3 rings (SSSR count). The molecule has 5 atom stereocenters. The maximum absolute atomic E-state index is 6.30. The van der Waals surface area contributed by atoms with E-state index in [4.69, 9.17) is 14.2 Å². The van der Waals surface area contributed by atoms with Crippen molar-refractivity contribution < 1.29 is 14.2 Å². The molecule has 0 radical (unpaired) electrons. The summed E-state index contributed by atoms with van der Waals surface area (Å²) in [5.74, 6) is 0.690. The van der Waals surface area contributed by atoms with Gasteiger partial charge in [-0.25, -0.2) is 0 Å². The lowest BCUT2D eigenvalue weighted by molar-refractivity contribution is -0.195. The molecule has 3 nitrogen and oxygen atoms in total. The van der Waals surface area contributed by atoms with Crippen molar-refractivity contribution in [3.05, 3.63) is 0 Å². The lowest BCUT2D eigenvalue weighted by Crippen LogP contribution is -2.47.